The van der Waals surface area contributed by atoms with Crippen LogP contribution in [0.4, 0.5) is 0 Å². The van der Waals surface area contributed by atoms with Gasteiger partial charge < -0.3 is 18.9 Å². The van der Waals surface area contributed by atoms with Crippen LogP contribution >= 0.6 is 0 Å². The quantitative estimate of drug-likeness (QED) is 0.127. The SMILES string of the molecule is CCCCCCCCCCOc1ccc(OC(=O)c2ccc(OCCC3CO3)cc2)cc1. The molecule has 2 aromatic rings. The Morgan fingerprint density at radius 2 is 1.31 bits per heavy atom. The van der Waals surface area contributed by atoms with Crippen LogP contribution in [0.15, 0.2) is 48.5 Å². The van der Waals surface area contributed by atoms with Crippen LogP contribution in [-0.4, -0.2) is 31.9 Å². The molecule has 3 rings (SSSR count). The first-order valence-corrected chi connectivity index (χ1v) is 12.0. The van der Waals surface area contributed by atoms with Crippen molar-refractivity contribution in [1.29, 1.82) is 0 Å². The van der Waals surface area contributed by atoms with E-state index >= 15 is 0 Å². The number of ether oxygens (including phenoxy) is 4. The van der Waals surface area contributed by atoms with Crippen molar-refractivity contribution >= 4 is 5.97 Å². The second-order valence-electron chi connectivity index (χ2n) is 8.30. The zero-order valence-corrected chi connectivity index (χ0v) is 19.2. The van der Waals surface area contributed by atoms with Gasteiger partial charge in [0.15, 0.2) is 0 Å². The first kappa shape index (κ1) is 24.1. The number of esters is 1. The molecule has 1 atom stereocenters. The van der Waals surface area contributed by atoms with Gasteiger partial charge >= 0.3 is 5.97 Å². The molecule has 2 aromatic carbocycles. The summed E-state index contributed by atoms with van der Waals surface area (Å²) in [5.41, 5.74) is 0.484. The largest absolute Gasteiger partial charge is 0.494 e. The van der Waals surface area contributed by atoms with Crippen LogP contribution in [0.1, 0.15) is 75.1 Å². The maximum atomic E-state index is 12.4. The molecular formula is C27H36O5. The summed E-state index contributed by atoms with van der Waals surface area (Å²) in [7, 11) is 0. The predicted molar refractivity (Wildman–Crippen MR) is 126 cm³/mol. The van der Waals surface area contributed by atoms with E-state index in [2.05, 4.69) is 6.92 Å². The van der Waals surface area contributed by atoms with Crippen molar-refractivity contribution in [2.75, 3.05) is 19.8 Å². The molecule has 0 spiro atoms. The molecule has 0 N–H and O–H groups in total. The molecule has 32 heavy (non-hydrogen) atoms. The van der Waals surface area contributed by atoms with Gasteiger partial charge in [0.25, 0.3) is 0 Å². The lowest BCUT2D eigenvalue weighted by Gasteiger charge is -2.09. The third-order valence-corrected chi connectivity index (χ3v) is 5.50. The molecule has 0 radical (unpaired) electrons. The zero-order valence-electron chi connectivity index (χ0n) is 19.2. The average Bonchev–Trinajstić information content (AvgIpc) is 3.64. The van der Waals surface area contributed by atoms with Crippen molar-refractivity contribution in [3.63, 3.8) is 0 Å². The van der Waals surface area contributed by atoms with Gasteiger partial charge in [-0.25, -0.2) is 4.79 Å². The maximum Gasteiger partial charge on any atom is 0.343 e. The van der Waals surface area contributed by atoms with E-state index in [-0.39, 0.29) is 0 Å². The van der Waals surface area contributed by atoms with Gasteiger partial charge in [-0.1, -0.05) is 51.9 Å². The molecule has 0 amide bonds. The van der Waals surface area contributed by atoms with Gasteiger partial charge in [0.05, 0.1) is 31.5 Å². The van der Waals surface area contributed by atoms with Crippen molar-refractivity contribution in [1.82, 2.24) is 0 Å². The fourth-order valence-corrected chi connectivity index (χ4v) is 3.43. The molecule has 0 bridgehead atoms. The fraction of sp³-hybridized carbons (Fsp3) is 0.519. The molecule has 1 fully saturated rings. The smallest absolute Gasteiger partial charge is 0.343 e. The Balaban J connectivity index is 1.30. The molecule has 1 unspecified atom stereocenters. The Morgan fingerprint density at radius 3 is 1.94 bits per heavy atom. The first-order chi connectivity index (χ1) is 15.7. The van der Waals surface area contributed by atoms with Crippen molar-refractivity contribution in [3.8, 4) is 17.2 Å². The van der Waals surface area contributed by atoms with E-state index in [1.807, 2.05) is 12.1 Å². The van der Waals surface area contributed by atoms with Gasteiger partial charge in [-0.2, -0.15) is 0 Å². The van der Waals surface area contributed by atoms with Crippen molar-refractivity contribution in [3.05, 3.63) is 54.1 Å². The lowest BCUT2D eigenvalue weighted by atomic mass is 10.1. The summed E-state index contributed by atoms with van der Waals surface area (Å²) >= 11 is 0. The Kier molecular flexibility index (Phi) is 10.4. The normalized spacial score (nSPS) is 14.7. The van der Waals surface area contributed by atoms with Crippen molar-refractivity contribution in [2.45, 2.75) is 70.8 Å². The van der Waals surface area contributed by atoms with Gasteiger partial charge in [-0.05, 0) is 55.0 Å². The third-order valence-electron chi connectivity index (χ3n) is 5.50. The van der Waals surface area contributed by atoms with Crippen molar-refractivity contribution < 1.29 is 23.7 Å². The summed E-state index contributed by atoms with van der Waals surface area (Å²) in [6.07, 6.45) is 11.5. The minimum Gasteiger partial charge on any atom is -0.494 e. The highest BCUT2D eigenvalue weighted by molar-refractivity contribution is 5.91. The van der Waals surface area contributed by atoms with Gasteiger partial charge in [0.1, 0.15) is 17.2 Å². The summed E-state index contributed by atoms with van der Waals surface area (Å²) < 4.78 is 22.1. The summed E-state index contributed by atoms with van der Waals surface area (Å²) in [4.78, 5) is 12.4. The van der Waals surface area contributed by atoms with E-state index in [1.165, 1.54) is 44.9 Å². The van der Waals surface area contributed by atoms with Crippen LogP contribution in [0.3, 0.4) is 0 Å². The lowest BCUT2D eigenvalue weighted by molar-refractivity contribution is 0.0734. The number of hydrogen-bond acceptors (Lipinski definition) is 5. The van der Waals surface area contributed by atoms with Crippen LogP contribution < -0.4 is 14.2 Å². The average molecular weight is 441 g/mol. The summed E-state index contributed by atoms with van der Waals surface area (Å²) in [6.45, 7) is 4.41. The Morgan fingerprint density at radius 1 is 0.781 bits per heavy atom. The molecule has 1 aliphatic rings. The molecule has 5 nitrogen and oxygen atoms in total. The Hall–Kier alpha value is -2.53. The minimum absolute atomic E-state index is 0.353. The van der Waals surface area contributed by atoms with Crippen LogP contribution in [0.25, 0.3) is 0 Å². The summed E-state index contributed by atoms with van der Waals surface area (Å²) in [5, 5.41) is 0. The second kappa shape index (κ2) is 13.8. The molecule has 174 valence electrons. The molecular weight excluding hydrogens is 404 g/mol. The van der Waals surface area contributed by atoms with E-state index < -0.39 is 5.97 Å². The van der Waals surface area contributed by atoms with E-state index in [1.54, 1.807) is 36.4 Å². The van der Waals surface area contributed by atoms with Gasteiger partial charge in [0.2, 0.25) is 0 Å². The Labute approximate surface area is 192 Å². The van der Waals surface area contributed by atoms with Gasteiger partial charge in [-0.15, -0.1) is 0 Å². The van der Waals surface area contributed by atoms with Gasteiger partial charge in [0, 0.05) is 6.42 Å². The van der Waals surface area contributed by atoms with E-state index in [9.17, 15) is 4.79 Å². The van der Waals surface area contributed by atoms with Crippen LogP contribution in [0.5, 0.6) is 17.2 Å². The van der Waals surface area contributed by atoms with Crippen LogP contribution in [-0.2, 0) is 4.74 Å². The number of carbonyl (C=O) groups excluding carboxylic acids is 1. The van der Waals surface area contributed by atoms with Crippen LogP contribution in [0.2, 0.25) is 0 Å². The molecule has 0 aliphatic carbocycles. The Bertz CT molecular complexity index is 781. The summed E-state index contributed by atoms with van der Waals surface area (Å²) in [5.74, 6) is 1.64. The standard InChI is InChI=1S/C27H36O5/c1-2-3-4-5-6-7-8-9-19-29-24-14-16-25(17-15-24)32-27(28)22-10-12-23(13-11-22)30-20-18-26-21-31-26/h10-17,26H,2-9,18-21H2,1H3. The third kappa shape index (κ3) is 9.31. The van der Waals surface area contributed by atoms with E-state index in [4.69, 9.17) is 18.9 Å². The summed E-state index contributed by atoms with van der Waals surface area (Å²) in [6, 6.07) is 14.2. The topological polar surface area (TPSA) is 57.3 Å². The highest BCUT2D eigenvalue weighted by Crippen LogP contribution is 2.21. The molecule has 1 heterocycles. The number of carbonyl (C=O) groups is 1. The maximum absolute atomic E-state index is 12.4. The lowest BCUT2D eigenvalue weighted by Crippen LogP contribution is -2.08. The highest BCUT2D eigenvalue weighted by atomic mass is 16.6. The second-order valence-corrected chi connectivity index (χ2v) is 8.30. The van der Waals surface area contributed by atoms with E-state index in [0.29, 0.717) is 24.0 Å². The number of benzene rings is 2. The monoisotopic (exact) mass is 440 g/mol. The number of unbranched alkanes of at least 4 members (excludes halogenated alkanes) is 7. The number of hydrogen-bond donors (Lipinski definition) is 0. The fourth-order valence-electron chi connectivity index (χ4n) is 3.43. The molecule has 1 saturated heterocycles. The first-order valence-electron chi connectivity index (χ1n) is 12.0. The zero-order chi connectivity index (χ0) is 22.4. The minimum atomic E-state index is -0.393. The van der Waals surface area contributed by atoms with Crippen molar-refractivity contribution in [2.24, 2.45) is 0 Å². The number of epoxide rings is 1. The van der Waals surface area contributed by atoms with E-state index in [0.717, 1.165) is 37.6 Å². The number of rotatable bonds is 16. The molecule has 1 aliphatic heterocycles. The van der Waals surface area contributed by atoms with Gasteiger partial charge in [-0.3, -0.25) is 0 Å². The van der Waals surface area contributed by atoms with Crippen LogP contribution in [0, 0.1) is 0 Å². The predicted octanol–water partition coefficient (Wildman–Crippen LogP) is 6.59. The highest BCUT2D eigenvalue weighted by Gasteiger charge is 2.21. The molecule has 5 heteroatoms. The molecule has 0 aromatic heterocycles. The molecule has 0 saturated carbocycles.